The average molecular weight is 387 g/mol. The summed E-state index contributed by atoms with van der Waals surface area (Å²) in [6.45, 7) is 6.88. The Balaban J connectivity index is 1.76. The second-order valence-corrected chi connectivity index (χ2v) is 8.88. The molecule has 28 heavy (non-hydrogen) atoms. The lowest BCUT2D eigenvalue weighted by atomic mass is 9.89. The highest BCUT2D eigenvalue weighted by molar-refractivity contribution is 6.06. The van der Waals surface area contributed by atoms with Crippen molar-refractivity contribution in [1.29, 1.82) is 0 Å². The summed E-state index contributed by atoms with van der Waals surface area (Å²) in [5.41, 5.74) is 2.70. The highest BCUT2D eigenvalue weighted by atomic mass is 16.5. The number of carboxylic acids is 1. The van der Waals surface area contributed by atoms with E-state index < -0.39 is 5.97 Å². The summed E-state index contributed by atoms with van der Waals surface area (Å²) in [4.78, 5) is 28.1. The number of hydrogen-bond donors (Lipinski definition) is 2. The molecule has 0 spiro atoms. The fourth-order valence-corrected chi connectivity index (χ4v) is 3.30. The molecule has 7 nitrogen and oxygen atoms in total. The Morgan fingerprint density at radius 3 is 2.64 bits per heavy atom. The first kappa shape index (κ1) is 20.3. The van der Waals surface area contributed by atoms with Crippen LogP contribution in [0.2, 0.25) is 0 Å². The zero-order chi connectivity index (χ0) is 20.3. The first-order chi connectivity index (χ1) is 13.2. The number of pyridine rings is 1. The number of hydrogen-bond acceptors (Lipinski definition) is 5. The molecule has 1 fully saturated rings. The molecule has 2 heterocycles. The highest BCUT2D eigenvalue weighted by Gasteiger charge is 2.29. The maximum atomic E-state index is 12.9. The van der Waals surface area contributed by atoms with Crippen molar-refractivity contribution < 1.29 is 19.2 Å². The second kappa shape index (κ2) is 8.29. The molecular weight excluding hydrogens is 358 g/mol. The van der Waals surface area contributed by atoms with E-state index in [1.54, 1.807) is 0 Å². The van der Waals surface area contributed by atoms with Crippen molar-refractivity contribution in [2.75, 3.05) is 6.54 Å². The molecule has 0 atom stereocenters. The topological polar surface area (TPSA) is 105 Å². The summed E-state index contributed by atoms with van der Waals surface area (Å²) in [5.74, 6) is -0.524. The zero-order valence-electron chi connectivity index (χ0n) is 16.9. The van der Waals surface area contributed by atoms with Gasteiger partial charge in [-0.25, -0.2) is 4.98 Å². The summed E-state index contributed by atoms with van der Waals surface area (Å²) < 4.78 is 5.49. The van der Waals surface area contributed by atoms with Gasteiger partial charge in [0.05, 0.1) is 16.6 Å². The van der Waals surface area contributed by atoms with Crippen LogP contribution in [0.1, 0.15) is 87.0 Å². The molecule has 0 aliphatic heterocycles. The van der Waals surface area contributed by atoms with Crippen molar-refractivity contribution in [1.82, 2.24) is 15.5 Å². The van der Waals surface area contributed by atoms with Crippen LogP contribution in [-0.2, 0) is 11.2 Å². The van der Waals surface area contributed by atoms with Gasteiger partial charge in [0.15, 0.2) is 0 Å². The molecule has 2 aromatic heterocycles. The van der Waals surface area contributed by atoms with Gasteiger partial charge in [-0.3, -0.25) is 9.59 Å². The van der Waals surface area contributed by atoms with Gasteiger partial charge < -0.3 is 14.9 Å². The molecular formula is C21H29N3O4. The first-order valence-electron chi connectivity index (χ1n) is 10.0. The maximum Gasteiger partial charge on any atom is 0.303 e. The van der Waals surface area contributed by atoms with Gasteiger partial charge in [-0.05, 0) is 43.6 Å². The number of nitrogens with one attached hydrogen (secondary N) is 1. The maximum absolute atomic E-state index is 12.9. The van der Waals surface area contributed by atoms with Crippen LogP contribution >= 0.6 is 0 Å². The number of carbonyl (C=O) groups is 2. The van der Waals surface area contributed by atoms with Crippen molar-refractivity contribution in [2.45, 2.75) is 71.6 Å². The Morgan fingerprint density at radius 2 is 2.00 bits per heavy atom. The van der Waals surface area contributed by atoms with Crippen LogP contribution in [0.4, 0.5) is 0 Å². The normalized spacial score (nSPS) is 14.4. The van der Waals surface area contributed by atoms with Crippen LogP contribution in [0.15, 0.2) is 10.6 Å². The van der Waals surface area contributed by atoms with Gasteiger partial charge in [-0.2, -0.15) is 0 Å². The summed E-state index contributed by atoms with van der Waals surface area (Å²) in [5, 5.41) is 16.6. The Bertz CT molecular complexity index is 862. The van der Waals surface area contributed by atoms with Gasteiger partial charge in [0.25, 0.3) is 11.6 Å². The minimum Gasteiger partial charge on any atom is -0.481 e. The van der Waals surface area contributed by atoms with Crippen molar-refractivity contribution in [3.8, 4) is 0 Å². The Kier molecular flexibility index (Phi) is 6.01. The van der Waals surface area contributed by atoms with E-state index in [1.165, 1.54) is 0 Å². The number of aromatic nitrogens is 2. The van der Waals surface area contributed by atoms with Gasteiger partial charge in [-0.15, -0.1) is 0 Å². The predicted molar refractivity (Wildman–Crippen MR) is 105 cm³/mol. The van der Waals surface area contributed by atoms with E-state index in [1.807, 2.05) is 6.07 Å². The largest absolute Gasteiger partial charge is 0.481 e. The standard InChI is InChI=1S/C21H29N3O4/c1-21(2,3)12-16-18-14(19(27)22-10-6-4-5-7-17(25)26)11-15(13-8-9-13)23-20(18)28-24-16/h11,13H,4-10,12H2,1-3H3,(H,22,27)(H,25,26). The second-order valence-electron chi connectivity index (χ2n) is 8.88. The number of carboxylic acid groups (broad SMARTS) is 1. The van der Waals surface area contributed by atoms with E-state index >= 15 is 0 Å². The molecule has 3 rings (SSSR count). The van der Waals surface area contributed by atoms with E-state index in [0.717, 1.165) is 37.1 Å². The van der Waals surface area contributed by atoms with Crippen LogP contribution in [0, 0.1) is 5.41 Å². The Morgan fingerprint density at radius 1 is 1.25 bits per heavy atom. The fourth-order valence-electron chi connectivity index (χ4n) is 3.30. The lowest BCUT2D eigenvalue weighted by molar-refractivity contribution is -0.137. The molecule has 0 aromatic carbocycles. The molecule has 0 bridgehead atoms. The van der Waals surface area contributed by atoms with Crippen molar-refractivity contribution in [3.05, 3.63) is 23.0 Å². The Hall–Kier alpha value is -2.44. The fraction of sp³-hybridized carbons (Fsp3) is 0.619. The summed E-state index contributed by atoms with van der Waals surface area (Å²) >= 11 is 0. The molecule has 0 saturated heterocycles. The molecule has 1 saturated carbocycles. The van der Waals surface area contributed by atoms with Crippen LogP contribution in [-0.4, -0.2) is 33.7 Å². The van der Waals surface area contributed by atoms with E-state index in [-0.39, 0.29) is 17.7 Å². The molecule has 1 aliphatic carbocycles. The average Bonchev–Trinajstić information content (AvgIpc) is 3.38. The lowest BCUT2D eigenvalue weighted by Crippen LogP contribution is -2.25. The van der Waals surface area contributed by atoms with Gasteiger partial charge in [0, 0.05) is 24.6 Å². The quantitative estimate of drug-likeness (QED) is 0.629. The van der Waals surface area contributed by atoms with E-state index in [4.69, 9.17) is 9.63 Å². The summed E-state index contributed by atoms with van der Waals surface area (Å²) in [7, 11) is 0. The van der Waals surface area contributed by atoms with Gasteiger partial charge in [0.2, 0.25) is 0 Å². The lowest BCUT2D eigenvalue weighted by Gasteiger charge is -2.16. The van der Waals surface area contributed by atoms with Crippen LogP contribution in [0.3, 0.4) is 0 Å². The third kappa shape index (κ3) is 5.30. The predicted octanol–water partition coefficient (Wildman–Crippen LogP) is 4.06. The van der Waals surface area contributed by atoms with Crippen LogP contribution in [0.5, 0.6) is 0 Å². The molecule has 7 heteroatoms. The minimum atomic E-state index is -0.783. The third-order valence-corrected chi connectivity index (χ3v) is 4.83. The van der Waals surface area contributed by atoms with Crippen LogP contribution in [0.25, 0.3) is 11.1 Å². The van der Waals surface area contributed by atoms with Gasteiger partial charge in [-0.1, -0.05) is 32.3 Å². The molecule has 152 valence electrons. The molecule has 0 radical (unpaired) electrons. The van der Waals surface area contributed by atoms with Crippen molar-refractivity contribution in [2.24, 2.45) is 5.41 Å². The Labute approximate surface area is 164 Å². The number of aliphatic carboxylic acids is 1. The SMILES string of the molecule is CC(C)(C)Cc1noc2nc(C3CC3)cc(C(=O)NCCCCCC(=O)O)c12. The molecule has 1 amide bonds. The zero-order valence-corrected chi connectivity index (χ0v) is 16.9. The van der Waals surface area contributed by atoms with Gasteiger partial charge in [0.1, 0.15) is 0 Å². The van der Waals surface area contributed by atoms with Crippen molar-refractivity contribution >= 4 is 23.0 Å². The highest BCUT2D eigenvalue weighted by Crippen LogP contribution is 2.40. The number of nitrogens with zero attached hydrogens (tertiary/aromatic N) is 2. The summed E-state index contributed by atoms with van der Waals surface area (Å²) in [6.07, 6.45) is 5.19. The van der Waals surface area contributed by atoms with E-state index in [0.29, 0.717) is 42.0 Å². The number of amides is 1. The summed E-state index contributed by atoms with van der Waals surface area (Å²) in [6, 6.07) is 1.89. The first-order valence-corrected chi connectivity index (χ1v) is 10.0. The van der Waals surface area contributed by atoms with E-state index in [9.17, 15) is 9.59 Å². The number of unbranched alkanes of at least 4 members (excludes halogenated alkanes) is 2. The molecule has 0 unspecified atom stereocenters. The van der Waals surface area contributed by atoms with E-state index in [2.05, 4.69) is 36.2 Å². The number of rotatable bonds is 9. The smallest absolute Gasteiger partial charge is 0.303 e. The third-order valence-electron chi connectivity index (χ3n) is 4.83. The molecule has 2 N–H and O–H groups in total. The number of fused-ring (bicyclic) bond motifs is 1. The minimum absolute atomic E-state index is 0.0108. The van der Waals surface area contributed by atoms with Gasteiger partial charge >= 0.3 is 5.97 Å². The number of carbonyl (C=O) groups excluding carboxylic acids is 1. The molecule has 2 aromatic rings. The monoisotopic (exact) mass is 387 g/mol. The van der Waals surface area contributed by atoms with Crippen LogP contribution < -0.4 is 5.32 Å². The van der Waals surface area contributed by atoms with Crippen molar-refractivity contribution in [3.63, 3.8) is 0 Å². The molecule has 1 aliphatic rings.